The second kappa shape index (κ2) is 34.3. The van der Waals surface area contributed by atoms with Gasteiger partial charge in [0.2, 0.25) is 0 Å². The lowest BCUT2D eigenvalue weighted by atomic mass is 10.1. The molecule has 51 heavy (non-hydrogen) atoms. The first kappa shape index (κ1) is 49.5. The van der Waals surface area contributed by atoms with Gasteiger partial charge in [0.25, 0.3) is 7.82 Å². The number of carbonyl (C=O) groups excluding carboxylic acids is 2. The maximum Gasteiger partial charge on any atom is 0.306 e. The number of allylic oxidation sites excluding steroid dienone is 4. The Hall–Kier alpha value is -1.51. The molecule has 0 N–H and O–H groups in total. The van der Waals surface area contributed by atoms with Crippen molar-refractivity contribution in [3.05, 3.63) is 24.3 Å². The molecule has 0 aromatic carbocycles. The molecular formula is C41H78NO8P. The zero-order valence-corrected chi connectivity index (χ0v) is 34.4. The number of phosphoric acid groups is 1. The zero-order valence-electron chi connectivity index (χ0n) is 33.6. The maximum absolute atomic E-state index is 12.6. The van der Waals surface area contributed by atoms with E-state index in [4.69, 9.17) is 18.5 Å². The Balaban J connectivity index is 4.44. The number of phosphoric ester groups is 1. The molecule has 0 fully saturated rings. The van der Waals surface area contributed by atoms with Gasteiger partial charge in [0.05, 0.1) is 27.7 Å². The predicted molar refractivity (Wildman–Crippen MR) is 208 cm³/mol. The number of hydrogen-bond donors (Lipinski definition) is 0. The minimum Gasteiger partial charge on any atom is -0.756 e. The molecule has 0 aliphatic heterocycles. The first-order valence-corrected chi connectivity index (χ1v) is 22.0. The van der Waals surface area contributed by atoms with Gasteiger partial charge in [-0.2, -0.15) is 0 Å². The van der Waals surface area contributed by atoms with Crippen molar-refractivity contribution < 1.29 is 42.1 Å². The highest BCUT2D eigenvalue weighted by atomic mass is 31.2. The van der Waals surface area contributed by atoms with E-state index in [1.807, 2.05) is 21.1 Å². The van der Waals surface area contributed by atoms with E-state index in [2.05, 4.69) is 38.2 Å². The van der Waals surface area contributed by atoms with Crippen molar-refractivity contribution in [2.45, 2.75) is 180 Å². The van der Waals surface area contributed by atoms with Crippen molar-refractivity contribution in [1.82, 2.24) is 0 Å². The summed E-state index contributed by atoms with van der Waals surface area (Å²) in [6, 6.07) is 0. The van der Waals surface area contributed by atoms with Crippen LogP contribution in [0.3, 0.4) is 0 Å². The van der Waals surface area contributed by atoms with Crippen LogP contribution in [0.5, 0.6) is 0 Å². The van der Waals surface area contributed by atoms with Crippen molar-refractivity contribution in [3.63, 3.8) is 0 Å². The van der Waals surface area contributed by atoms with Crippen LogP contribution in [-0.4, -0.2) is 70.0 Å². The molecule has 0 spiro atoms. The normalized spacial score (nSPS) is 13.9. The fourth-order valence-corrected chi connectivity index (χ4v) is 6.14. The molecule has 0 heterocycles. The van der Waals surface area contributed by atoms with Gasteiger partial charge < -0.3 is 27.9 Å². The quantitative estimate of drug-likeness (QED) is 0.0203. The second-order valence-electron chi connectivity index (χ2n) is 15.0. The van der Waals surface area contributed by atoms with E-state index < -0.39 is 32.5 Å². The molecule has 0 bridgehead atoms. The zero-order chi connectivity index (χ0) is 37.9. The molecule has 0 radical (unpaired) electrons. The van der Waals surface area contributed by atoms with Crippen molar-refractivity contribution in [2.75, 3.05) is 47.5 Å². The minimum atomic E-state index is -4.62. The summed E-state index contributed by atoms with van der Waals surface area (Å²) < 4.78 is 33.8. The van der Waals surface area contributed by atoms with E-state index in [1.54, 1.807) is 0 Å². The van der Waals surface area contributed by atoms with E-state index in [0.717, 1.165) is 57.8 Å². The van der Waals surface area contributed by atoms with Crippen LogP contribution in [0.1, 0.15) is 174 Å². The maximum atomic E-state index is 12.6. The Bertz CT molecular complexity index is 933. The fraction of sp³-hybridized carbons (Fsp3) is 0.854. The molecule has 9 nitrogen and oxygen atoms in total. The molecule has 0 aliphatic carbocycles. The summed E-state index contributed by atoms with van der Waals surface area (Å²) in [5, 5.41) is 0. The summed E-state index contributed by atoms with van der Waals surface area (Å²) in [6.07, 6.45) is 34.9. The van der Waals surface area contributed by atoms with Crippen LogP contribution >= 0.6 is 7.82 Å². The van der Waals surface area contributed by atoms with E-state index >= 15 is 0 Å². The molecule has 0 aromatic heterocycles. The van der Waals surface area contributed by atoms with Gasteiger partial charge >= 0.3 is 11.9 Å². The van der Waals surface area contributed by atoms with Crippen molar-refractivity contribution in [1.29, 1.82) is 0 Å². The van der Waals surface area contributed by atoms with Gasteiger partial charge in [-0.05, 0) is 64.2 Å². The van der Waals surface area contributed by atoms with E-state index in [-0.39, 0.29) is 26.1 Å². The van der Waals surface area contributed by atoms with Gasteiger partial charge in [0.1, 0.15) is 19.8 Å². The molecule has 1 unspecified atom stereocenters. The fourth-order valence-electron chi connectivity index (χ4n) is 5.41. The number of carbonyl (C=O) groups is 2. The lowest BCUT2D eigenvalue weighted by Crippen LogP contribution is -2.37. The van der Waals surface area contributed by atoms with Gasteiger partial charge in [-0.15, -0.1) is 0 Å². The molecule has 2 atom stereocenters. The Labute approximate surface area is 313 Å². The summed E-state index contributed by atoms with van der Waals surface area (Å²) in [6.45, 7) is 4.16. The molecule has 0 rings (SSSR count). The molecule has 300 valence electrons. The minimum absolute atomic E-state index is 0.0346. The van der Waals surface area contributed by atoms with Gasteiger partial charge in [-0.25, -0.2) is 0 Å². The highest BCUT2D eigenvalue weighted by molar-refractivity contribution is 7.45. The Morgan fingerprint density at radius 1 is 0.588 bits per heavy atom. The van der Waals surface area contributed by atoms with Crippen LogP contribution in [-0.2, 0) is 32.7 Å². The van der Waals surface area contributed by atoms with Crippen LogP contribution < -0.4 is 4.89 Å². The second-order valence-corrected chi connectivity index (χ2v) is 16.4. The third-order valence-electron chi connectivity index (χ3n) is 8.69. The molecule has 10 heteroatoms. The number of ether oxygens (including phenoxy) is 2. The summed E-state index contributed by atoms with van der Waals surface area (Å²) in [5.74, 6) is -0.870. The summed E-state index contributed by atoms with van der Waals surface area (Å²) in [4.78, 5) is 37.4. The average Bonchev–Trinajstić information content (AvgIpc) is 3.07. The van der Waals surface area contributed by atoms with Crippen LogP contribution in [0.2, 0.25) is 0 Å². The van der Waals surface area contributed by atoms with Crippen LogP contribution in [0.25, 0.3) is 0 Å². The smallest absolute Gasteiger partial charge is 0.306 e. The third kappa shape index (κ3) is 38.0. The van der Waals surface area contributed by atoms with Gasteiger partial charge in [-0.3, -0.25) is 14.2 Å². The number of nitrogens with zero attached hydrogens (tertiary/aromatic N) is 1. The Morgan fingerprint density at radius 2 is 1.00 bits per heavy atom. The molecule has 0 saturated heterocycles. The molecular weight excluding hydrogens is 665 g/mol. The largest absolute Gasteiger partial charge is 0.756 e. The highest BCUT2D eigenvalue weighted by Gasteiger charge is 2.21. The standard InChI is InChI=1S/C41H78NO8P/c1-6-8-10-12-14-16-18-20-21-22-24-26-28-30-32-34-41(44)50-39(38-49-51(45,46)48-36-35-42(3,4)5)37-47-40(43)33-31-29-27-25-23-19-17-15-13-11-9-7-2/h15,17,24,26,39H,6-14,16,18-23,25,27-38H2,1-5H3/b17-15+,26-24+/t39-/m1/s1. The number of unbranched alkanes of at least 4 members (excludes halogenated alkanes) is 19. The first-order valence-electron chi connectivity index (χ1n) is 20.5. The Morgan fingerprint density at radius 3 is 1.53 bits per heavy atom. The number of hydrogen-bond acceptors (Lipinski definition) is 8. The van der Waals surface area contributed by atoms with Crippen molar-refractivity contribution >= 4 is 19.8 Å². The highest BCUT2D eigenvalue weighted by Crippen LogP contribution is 2.38. The summed E-state index contributed by atoms with van der Waals surface area (Å²) >= 11 is 0. The van der Waals surface area contributed by atoms with Gasteiger partial charge in [-0.1, -0.05) is 122 Å². The molecule has 0 aromatic rings. The van der Waals surface area contributed by atoms with E-state index in [1.165, 1.54) is 83.5 Å². The topological polar surface area (TPSA) is 111 Å². The van der Waals surface area contributed by atoms with Gasteiger partial charge in [0.15, 0.2) is 6.10 Å². The van der Waals surface area contributed by atoms with Crippen LogP contribution in [0.15, 0.2) is 24.3 Å². The van der Waals surface area contributed by atoms with Gasteiger partial charge in [0, 0.05) is 12.8 Å². The summed E-state index contributed by atoms with van der Waals surface area (Å²) in [7, 11) is 1.15. The lowest BCUT2D eigenvalue weighted by molar-refractivity contribution is -0.870. The lowest BCUT2D eigenvalue weighted by Gasteiger charge is -2.28. The number of likely N-dealkylation sites (N-methyl/N-ethyl adjacent to an activating group) is 1. The number of quaternary nitrogens is 1. The molecule has 0 saturated carbocycles. The first-order chi connectivity index (χ1) is 24.5. The predicted octanol–water partition coefficient (Wildman–Crippen LogP) is 10.6. The molecule has 0 amide bonds. The van der Waals surface area contributed by atoms with Crippen molar-refractivity contribution in [2.24, 2.45) is 0 Å². The van der Waals surface area contributed by atoms with Crippen molar-refractivity contribution in [3.8, 4) is 0 Å². The number of esters is 2. The van der Waals surface area contributed by atoms with E-state index in [9.17, 15) is 19.0 Å². The van der Waals surface area contributed by atoms with Crippen LogP contribution in [0.4, 0.5) is 0 Å². The average molecular weight is 744 g/mol. The Kier molecular flexibility index (Phi) is 33.3. The SMILES string of the molecule is CCCCC/C=C/CCCCCCCC(=O)OC[C@H](COP(=O)([O-])OCC[N+](C)(C)C)OC(=O)CCCC/C=C/CCCCCCCCCCC. The molecule has 0 aliphatic rings. The van der Waals surface area contributed by atoms with Crippen LogP contribution in [0, 0.1) is 0 Å². The number of rotatable bonds is 37. The summed E-state index contributed by atoms with van der Waals surface area (Å²) in [5.41, 5.74) is 0. The van der Waals surface area contributed by atoms with E-state index in [0.29, 0.717) is 17.4 Å². The monoisotopic (exact) mass is 744 g/mol. The third-order valence-corrected chi connectivity index (χ3v) is 9.66.